The normalized spacial score (nSPS) is 11.5. The third-order valence-corrected chi connectivity index (χ3v) is 7.84. The fourth-order valence-corrected chi connectivity index (χ4v) is 5.26. The molecule has 0 N–H and O–H groups in total. The Kier molecular flexibility index (Phi) is 8.14. The Balaban J connectivity index is 1.33. The van der Waals surface area contributed by atoms with Crippen molar-refractivity contribution in [3.8, 4) is 0 Å². The molecule has 0 atom stereocenters. The van der Waals surface area contributed by atoms with E-state index in [9.17, 15) is 0 Å². The zero-order valence-electron chi connectivity index (χ0n) is 19.4. The maximum atomic E-state index is 2.26. The molecular weight excluding hydrogens is 463 g/mol. The topological polar surface area (TPSA) is 0 Å². The van der Waals surface area contributed by atoms with Crippen LogP contribution in [0, 0.1) is 0 Å². The molecule has 1 heteroatoms. The minimum absolute atomic E-state index is 0.316. The summed E-state index contributed by atoms with van der Waals surface area (Å²) in [6.45, 7) is 4.37. The van der Waals surface area contributed by atoms with Crippen LogP contribution in [-0.4, -0.2) is 15.0 Å². The third-order valence-electron chi connectivity index (χ3n) is 5.71. The summed E-state index contributed by atoms with van der Waals surface area (Å²) in [7, 11) is 0. The number of hydrogen-bond acceptors (Lipinski definition) is 0. The Morgan fingerprint density at radius 1 is 0.424 bits per heavy atom. The van der Waals surface area contributed by atoms with Crippen molar-refractivity contribution in [1.82, 2.24) is 0 Å². The summed E-state index contributed by atoms with van der Waals surface area (Å²) >= 11 is 0.316. The second-order valence-corrected chi connectivity index (χ2v) is 10.5. The van der Waals surface area contributed by atoms with Crippen LogP contribution < -0.4 is 8.92 Å². The first-order valence-corrected chi connectivity index (χ1v) is 13.3. The summed E-state index contributed by atoms with van der Waals surface area (Å²) in [4.78, 5) is 0. The second kappa shape index (κ2) is 11.7. The fraction of sp³-hybridized carbons (Fsp3) is 0.125. The summed E-state index contributed by atoms with van der Waals surface area (Å²) in [5, 5.41) is 0. The van der Waals surface area contributed by atoms with Gasteiger partial charge in [-0.1, -0.05) is 0 Å². The second-order valence-electron chi connectivity index (χ2n) is 8.10. The van der Waals surface area contributed by atoms with Crippen molar-refractivity contribution in [3.63, 3.8) is 0 Å². The molecule has 0 unspecified atom stereocenters. The van der Waals surface area contributed by atoms with Crippen LogP contribution in [-0.2, 0) is 12.8 Å². The van der Waals surface area contributed by atoms with Gasteiger partial charge in [-0.3, -0.25) is 0 Å². The average molecular weight is 494 g/mol. The summed E-state index contributed by atoms with van der Waals surface area (Å²) in [5.74, 6) is 0. The van der Waals surface area contributed by atoms with E-state index >= 15 is 0 Å². The molecule has 0 saturated heterocycles. The molecule has 0 fully saturated rings. The molecule has 0 aliphatic heterocycles. The van der Waals surface area contributed by atoms with Crippen LogP contribution >= 0.6 is 0 Å². The number of rotatable bonds is 8. The Hall–Kier alpha value is -3.12. The zero-order valence-corrected chi connectivity index (χ0v) is 21.1. The van der Waals surface area contributed by atoms with Crippen LogP contribution in [0.3, 0.4) is 0 Å². The average Bonchev–Trinajstić information content (AvgIpc) is 2.88. The van der Waals surface area contributed by atoms with Gasteiger partial charge in [0.05, 0.1) is 0 Å². The molecule has 33 heavy (non-hydrogen) atoms. The summed E-state index contributed by atoms with van der Waals surface area (Å²) in [6, 6.07) is 35.5. The first kappa shape index (κ1) is 23.1. The quantitative estimate of drug-likeness (QED) is 0.187. The number of aryl methyl sites for hydroxylation is 2. The van der Waals surface area contributed by atoms with Crippen LogP contribution in [0.1, 0.15) is 47.2 Å². The zero-order chi connectivity index (χ0) is 22.9. The van der Waals surface area contributed by atoms with Crippen molar-refractivity contribution in [2.45, 2.75) is 26.7 Å². The molecule has 4 aromatic rings. The van der Waals surface area contributed by atoms with Crippen molar-refractivity contribution in [2.24, 2.45) is 0 Å². The minimum atomic E-state index is 0.316. The molecule has 0 aliphatic carbocycles. The van der Waals surface area contributed by atoms with Gasteiger partial charge in [-0.25, -0.2) is 0 Å². The van der Waals surface area contributed by atoms with Gasteiger partial charge in [0.2, 0.25) is 0 Å². The van der Waals surface area contributed by atoms with E-state index in [1.54, 1.807) is 0 Å². The molecule has 164 valence electrons. The fourth-order valence-electron chi connectivity index (χ4n) is 3.54. The van der Waals surface area contributed by atoms with Crippen LogP contribution in [0.25, 0.3) is 24.3 Å². The molecule has 0 radical (unpaired) electrons. The van der Waals surface area contributed by atoms with Gasteiger partial charge in [0, 0.05) is 0 Å². The van der Waals surface area contributed by atoms with E-state index in [1.165, 1.54) is 42.3 Å². The number of benzene rings is 4. The monoisotopic (exact) mass is 494 g/mol. The number of hydrogen-bond donors (Lipinski definition) is 0. The van der Waals surface area contributed by atoms with E-state index in [4.69, 9.17) is 0 Å². The molecule has 0 spiro atoms. The van der Waals surface area contributed by atoms with Crippen LogP contribution in [0.5, 0.6) is 0 Å². The van der Waals surface area contributed by atoms with Gasteiger partial charge in [0.1, 0.15) is 0 Å². The Bertz CT molecular complexity index is 1090. The van der Waals surface area contributed by atoms with Gasteiger partial charge in [-0.05, 0) is 0 Å². The SMILES string of the molecule is CCc1ccc(/C=C/c2ccc([Se]c3ccc(/C=C/c4ccc(CC)cc4)cc3)cc2)cc1. The van der Waals surface area contributed by atoms with Gasteiger partial charge < -0.3 is 0 Å². The third kappa shape index (κ3) is 6.93. The molecule has 4 aromatic carbocycles. The van der Waals surface area contributed by atoms with Gasteiger partial charge >= 0.3 is 205 Å². The first-order valence-electron chi connectivity index (χ1n) is 11.6. The van der Waals surface area contributed by atoms with Crippen molar-refractivity contribution in [1.29, 1.82) is 0 Å². The molecule has 0 aliphatic rings. The molecule has 0 heterocycles. The maximum absolute atomic E-state index is 2.26. The first-order chi connectivity index (χ1) is 16.2. The van der Waals surface area contributed by atoms with Crippen molar-refractivity contribution >= 4 is 48.2 Å². The van der Waals surface area contributed by atoms with Gasteiger partial charge in [0.15, 0.2) is 0 Å². The van der Waals surface area contributed by atoms with E-state index in [1.807, 2.05) is 0 Å². The molecule has 0 bridgehead atoms. The summed E-state index contributed by atoms with van der Waals surface area (Å²) < 4.78 is 2.79. The van der Waals surface area contributed by atoms with Gasteiger partial charge in [0.25, 0.3) is 0 Å². The van der Waals surface area contributed by atoms with E-state index in [0.29, 0.717) is 15.0 Å². The van der Waals surface area contributed by atoms with E-state index in [0.717, 1.165) is 12.8 Å². The predicted molar refractivity (Wildman–Crippen MR) is 147 cm³/mol. The van der Waals surface area contributed by atoms with E-state index in [2.05, 4.69) is 135 Å². The van der Waals surface area contributed by atoms with E-state index < -0.39 is 0 Å². The molecular formula is C32H30Se. The predicted octanol–water partition coefficient (Wildman–Crippen LogP) is 6.81. The van der Waals surface area contributed by atoms with E-state index in [-0.39, 0.29) is 0 Å². The summed E-state index contributed by atoms with van der Waals surface area (Å²) in [6.07, 6.45) is 10.9. The molecule has 0 aromatic heterocycles. The molecule has 4 rings (SSSR count). The van der Waals surface area contributed by atoms with Crippen molar-refractivity contribution in [3.05, 3.63) is 130 Å². The van der Waals surface area contributed by atoms with Crippen LogP contribution in [0.2, 0.25) is 0 Å². The molecule has 0 saturated carbocycles. The molecule has 0 nitrogen and oxygen atoms in total. The van der Waals surface area contributed by atoms with Crippen LogP contribution in [0.4, 0.5) is 0 Å². The Labute approximate surface area is 204 Å². The van der Waals surface area contributed by atoms with Crippen LogP contribution in [0.15, 0.2) is 97.1 Å². The Morgan fingerprint density at radius 2 is 0.697 bits per heavy atom. The van der Waals surface area contributed by atoms with Crippen molar-refractivity contribution < 1.29 is 0 Å². The van der Waals surface area contributed by atoms with Gasteiger partial charge in [-0.2, -0.15) is 0 Å². The Morgan fingerprint density at radius 3 is 0.970 bits per heavy atom. The summed E-state index contributed by atoms with van der Waals surface area (Å²) in [5.41, 5.74) is 7.72. The molecule has 0 amide bonds. The standard InChI is InChI=1S/C32H30Se/c1-3-25-5-9-27(10-6-25)13-15-29-17-21-31(22-18-29)33-32-23-19-30(20-24-32)16-14-28-11-7-26(4-2)8-12-28/h5-24H,3-4H2,1-2H3/b15-13+,16-14+. The van der Waals surface area contributed by atoms with Crippen molar-refractivity contribution in [2.75, 3.05) is 0 Å². The van der Waals surface area contributed by atoms with Gasteiger partial charge in [-0.15, -0.1) is 0 Å².